The van der Waals surface area contributed by atoms with Crippen molar-refractivity contribution in [3.63, 3.8) is 0 Å². The van der Waals surface area contributed by atoms with Crippen molar-refractivity contribution in [3.05, 3.63) is 39.9 Å². The van der Waals surface area contributed by atoms with Crippen LogP contribution in [0.15, 0.2) is 24.3 Å². The summed E-state index contributed by atoms with van der Waals surface area (Å²) in [7, 11) is 0. The Morgan fingerprint density at radius 3 is 2.83 bits per heavy atom. The highest BCUT2D eigenvalue weighted by atomic mass is 16.6. The van der Waals surface area contributed by atoms with Crippen molar-refractivity contribution in [3.8, 4) is 0 Å². The maximum atomic E-state index is 11.8. The molecule has 3 aliphatic rings. The van der Waals surface area contributed by atoms with Crippen LogP contribution in [0.3, 0.4) is 0 Å². The Labute approximate surface area is 142 Å². The lowest BCUT2D eigenvalue weighted by Crippen LogP contribution is -2.64. The molecule has 5 heteroatoms. The smallest absolute Gasteiger partial charge is 0.272 e. The van der Waals surface area contributed by atoms with Crippen LogP contribution < -0.4 is 0 Å². The SMILES string of the molecule is CC[C@@]12CCCN3CCC(c4ccccc4[N+](=O)[O-])[C@@](O)(CC1)[C@H]32. The zero-order chi connectivity index (χ0) is 16.9. The van der Waals surface area contributed by atoms with Crippen LogP contribution in [0.25, 0.3) is 0 Å². The van der Waals surface area contributed by atoms with E-state index in [9.17, 15) is 15.2 Å². The first kappa shape index (κ1) is 16.0. The summed E-state index contributed by atoms with van der Waals surface area (Å²) < 4.78 is 0. The fourth-order valence-corrected chi connectivity index (χ4v) is 6.05. The molecule has 1 aliphatic carbocycles. The molecule has 2 aliphatic heterocycles. The van der Waals surface area contributed by atoms with Crippen LogP contribution in [0.4, 0.5) is 5.69 Å². The van der Waals surface area contributed by atoms with E-state index in [1.54, 1.807) is 12.1 Å². The van der Waals surface area contributed by atoms with Crippen LogP contribution in [-0.4, -0.2) is 39.7 Å². The second-order valence-electron chi connectivity index (χ2n) is 7.91. The number of hydrogen-bond acceptors (Lipinski definition) is 4. The highest BCUT2D eigenvalue weighted by Crippen LogP contribution is 2.61. The zero-order valence-electron chi connectivity index (χ0n) is 14.3. The summed E-state index contributed by atoms with van der Waals surface area (Å²) in [5.74, 6) is -0.133. The van der Waals surface area contributed by atoms with E-state index >= 15 is 0 Å². The summed E-state index contributed by atoms with van der Waals surface area (Å²) in [5, 5.41) is 23.3. The number of nitro benzene ring substituents is 1. The molecule has 1 aromatic carbocycles. The van der Waals surface area contributed by atoms with Crippen molar-refractivity contribution in [2.75, 3.05) is 13.1 Å². The third-order valence-corrected chi connectivity index (χ3v) is 7.08. The molecule has 1 aromatic rings. The van der Waals surface area contributed by atoms with E-state index in [0.29, 0.717) is 0 Å². The van der Waals surface area contributed by atoms with Gasteiger partial charge in [0.05, 0.1) is 10.5 Å². The normalized spacial score (nSPS) is 38.8. The first-order chi connectivity index (χ1) is 11.5. The fraction of sp³-hybridized carbons (Fsp3) is 0.684. The van der Waals surface area contributed by atoms with Gasteiger partial charge in [-0.25, -0.2) is 0 Å². The number of nitrogens with zero attached hydrogens (tertiary/aromatic N) is 2. The van der Waals surface area contributed by atoms with Crippen molar-refractivity contribution in [1.29, 1.82) is 0 Å². The number of piperidine rings is 2. The van der Waals surface area contributed by atoms with Gasteiger partial charge in [-0.15, -0.1) is 0 Å². The Bertz CT molecular complexity index is 664. The van der Waals surface area contributed by atoms with E-state index in [-0.39, 0.29) is 28.0 Å². The topological polar surface area (TPSA) is 66.6 Å². The first-order valence-corrected chi connectivity index (χ1v) is 9.21. The molecule has 24 heavy (non-hydrogen) atoms. The Morgan fingerprint density at radius 1 is 1.29 bits per heavy atom. The summed E-state index contributed by atoms with van der Waals surface area (Å²) in [6.07, 6.45) is 6.07. The predicted octanol–water partition coefficient (Wildman–Crippen LogP) is 3.47. The molecule has 0 bridgehead atoms. The van der Waals surface area contributed by atoms with E-state index in [1.807, 2.05) is 12.1 Å². The zero-order valence-corrected chi connectivity index (χ0v) is 14.3. The molecular formula is C19H26N2O3. The minimum absolute atomic E-state index is 0.133. The van der Waals surface area contributed by atoms with Crippen LogP contribution in [-0.2, 0) is 0 Å². The number of nitro groups is 1. The minimum atomic E-state index is -0.833. The van der Waals surface area contributed by atoms with Gasteiger partial charge in [0.2, 0.25) is 0 Å². The minimum Gasteiger partial charge on any atom is -0.388 e. The molecule has 3 fully saturated rings. The standard InChI is InChI=1S/C19H26N2O3/c1-2-18-9-5-12-20-13-8-15(19(22,11-10-18)17(18)20)14-6-3-4-7-16(14)21(23)24/h3-4,6-7,15,17,22H,2,5,8-13H2,1H3/t15?,17-,18-,19+/m1/s1. The molecule has 0 amide bonds. The Kier molecular flexibility index (Phi) is 3.69. The summed E-state index contributed by atoms with van der Waals surface area (Å²) >= 11 is 0. The predicted molar refractivity (Wildman–Crippen MR) is 92.0 cm³/mol. The van der Waals surface area contributed by atoms with Crippen molar-refractivity contribution in [2.45, 2.75) is 63.0 Å². The van der Waals surface area contributed by atoms with Crippen molar-refractivity contribution >= 4 is 5.69 Å². The molecule has 0 radical (unpaired) electrons. The van der Waals surface area contributed by atoms with Gasteiger partial charge < -0.3 is 5.11 Å². The molecule has 1 N–H and O–H groups in total. The molecule has 2 heterocycles. The average molecular weight is 330 g/mol. The van der Waals surface area contributed by atoms with Crippen molar-refractivity contribution in [2.24, 2.45) is 5.41 Å². The molecule has 2 saturated heterocycles. The Balaban J connectivity index is 1.79. The van der Waals surface area contributed by atoms with Crippen molar-refractivity contribution < 1.29 is 10.0 Å². The number of benzene rings is 1. The van der Waals surface area contributed by atoms with Crippen molar-refractivity contribution in [1.82, 2.24) is 4.90 Å². The van der Waals surface area contributed by atoms with E-state index in [0.717, 1.165) is 44.3 Å². The van der Waals surface area contributed by atoms with E-state index in [2.05, 4.69) is 11.8 Å². The van der Waals surface area contributed by atoms with Gasteiger partial charge in [0.1, 0.15) is 0 Å². The quantitative estimate of drug-likeness (QED) is 0.681. The molecule has 4 atom stereocenters. The van der Waals surface area contributed by atoms with E-state index in [1.165, 1.54) is 12.8 Å². The molecule has 4 rings (SSSR count). The monoisotopic (exact) mass is 330 g/mol. The molecule has 1 unspecified atom stereocenters. The van der Waals surface area contributed by atoms with Gasteiger partial charge in [0, 0.05) is 23.6 Å². The molecule has 1 saturated carbocycles. The molecule has 0 aromatic heterocycles. The number of rotatable bonds is 3. The molecular weight excluding hydrogens is 304 g/mol. The summed E-state index contributed by atoms with van der Waals surface area (Å²) in [4.78, 5) is 13.7. The van der Waals surface area contributed by atoms with Crippen LogP contribution >= 0.6 is 0 Å². The number of para-hydroxylation sites is 1. The lowest BCUT2D eigenvalue weighted by Gasteiger charge is -2.56. The summed E-state index contributed by atoms with van der Waals surface area (Å²) in [5.41, 5.74) is 0.243. The highest BCUT2D eigenvalue weighted by Gasteiger charge is 2.63. The van der Waals surface area contributed by atoms with Gasteiger partial charge in [-0.1, -0.05) is 25.1 Å². The van der Waals surface area contributed by atoms with Gasteiger partial charge in [-0.2, -0.15) is 0 Å². The molecule has 130 valence electrons. The second-order valence-corrected chi connectivity index (χ2v) is 7.91. The fourth-order valence-electron chi connectivity index (χ4n) is 6.05. The molecule has 5 nitrogen and oxygen atoms in total. The van der Waals surface area contributed by atoms with Gasteiger partial charge in [0.15, 0.2) is 0 Å². The number of aliphatic hydroxyl groups is 1. The highest BCUT2D eigenvalue weighted by molar-refractivity contribution is 5.45. The van der Waals surface area contributed by atoms with E-state index in [4.69, 9.17) is 0 Å². The van der Waals surface area contributed by atoms with Crippen LogP contribution in [0.2, 0.25) is 0 Å². The van der Waals surface area contributed by atoms with Gasteiger partial charge >= 0.3 is 0 Å². The van der Waals surface area contributed by atoms with Gasteiger partial charge in [0.25, 0.3) is 5.69 Å². The Hall–Kier alpha value is -1.46. The summed E-state index contributed by atoms with van der Waals surface area (Å²) in [6.45, 7) is 4.23. The molecule has 0 spiro atoms. The van der Waals surface area contributed by atoms with Crippen LogP contribution in [0.1, 0.15) is 56.9 Å². The van der Waals surface area contributed by atoms with Crippen LogP contribution in [0.5, 0.6) is 0 Å². The van der Waals surface area contributed by atoms with Crippen LogP contribution in [0, 0.1) is 15.5 Å². The lowest BCUT2D eigenvalue weighted by atomic mass is 9.64. The Morgan fingerprint density at radius 2 is 2.08 bits per heavy atom. The maximum Gasteiger partial charge on any atom is 0.272 e. The van der Waals surface area contributed by atoms with Gasteiger partial charge in [-0.05, 0) is 57.0 Å². The first-order valence-electron chi connectivity index (χ1n) is 9.21. The average Bonchev–Trinajstić information content (AvgIpc) is 2.91. The van der Waals surface area contributed by atoms with E-state index < -0.39 is 5.60 Å². The lowest BCUT2D eigenvalue weighted by molar-refractivity contribution is -0.386. The largest absolute Gasteiger partial charge is 0.388 e. The maximum absolute atomic E-state index is 11.8. The third-order valence-electron chi connectivity index (χ3n) is 7.08. The van der Waals surface area contributed by atoms with Gasteiger partial charge in [-0.3, -0.25) is 15.0 Å². The number of hydrogen-bond donors (Lipinski definition) is 1. The third kappa shape index (κ3) is 2.07. The summed E-state index contributed by atoms with van der Waals surface area (Å²) in [6, 6.07) is 7.16. The second kappa shape index (κ2) is 5.53.